The van der Waals surface area contributed by atoms with Gasteiger partial charge < -0.3 is 10.2 Å². The molecule has 1 aromatic heterocycles. The number of aryl methyl sites for hydroxylation is 1. The van der Waals surface area contributed by atoms with E-state index in [9.17, 15) is 8.42 Å². The molecule has 0 saturated carbocycles. The Morgan fingerprint density at radius 2 is 2.05 bits per heavy atom. The highest BCUT2D eigenvalue weighted by Gasteiger charge is 2.22. The minimum absolute atomic E-state index is 0.0872. The van der Waals surface area contributed by atoms with Gasteiger partial charge in [0.1, 0.15) is 0 Å². The van der Waals surface area contributed by atoms with E-state index in [1.54, 1.807) is 7.05 Å². The normalized spacial score (nSPS) is 12.3. The van der Waals surface area contributed by atoms with Crippen molar-refractivity contribution in [3.63, 3.8) is 0 Å². The molecule has 1 heterocycles. The lowest BCUT2D eigenvalue weighted by molar-refractivity contribution is 0.400. The zero-order chi connectivity index (χ0) is 14.5. The number of sulfonamides is 1. The lowest BCUT2D eigenvalue weighted by atomic mass is 10.3. The molecule has 1 rings (SSSR count). The van der Waals surface area contributed by atoms with Gasteiger partial charge in [0.15, 0.2) is 5.03 Å². The molecule has 0 unspecified atom stereocenters. The van der Waals surface area contributed by atoms with Crippen molar-refractivity contribution < 1.29 is 8.42 Å². The molecule has 19 heavy (non-hydrogen) atoms. The van der Waals surface area contributed by atoms with E-state index in [0.717, 1.165) is 18.7 Å². The maximum Gasteiger partial charge on any atom is 0.260 e. The van der Waals surface area contributed by atoms with Gasteiger partial charge in [-0.2, -0.15) is 5.10 Å². The number of aromatic amines is 1. The van der Waals surface area contributed by atoms with Gasteiger partial charge in [-0.05, 0) is 41.0 Å². The van der Waals surface area contributed by atoms with Crippen LogP contribution in [0.4, 0.5) is 0 Å². The van der Waals surface area contributed by atoms with Crippen molar-refractivity contribution in [2.24, 2.45) is 0 Å². The average molecular weight is 289 g/mol. The van der Waals surface area contributed by atoms with Crippen molar-refractivity contribution in [3.05, 3.63) is 11.3 Å². The summed E-state index contributed by atoms with van der Waals surface area (Å²) >= 11 is 0. The molecule has 0 spiro atoms. The van der Waals surface area contributed by atoms with Crippen LogP contribution in [-0.4, -0.2) is 57.7 Å². The fraction of sp³-hybridized carbons (Fsp3) is 0.727. The summed E-state index contributed by atoms with van der Waals surface area (Å²) in [6.45, 7) is 3.53. The third-order valence-electron chi connectivity index (χ3n) is 2.72. The van der Waals surface area contributed by atoms with E-state index in [1.807, 2.05) is 25.9 Å². The highest BCUT2D eigenvalue weighted by molar-refractivity contribution is 7.89. The number of aromatic nitrogens is 2. The highest BCUT2D eigenvalue weighted by atomic mass is 32.2. The number of H-pyrrole nitrogens is 1. The van der Waals surface area contributed by atoms with Gasteiger partial charge in [-0.3, -0.25) is 5.10 Å². The summed E-state index contributed by atoms with van der Waals surface area (Å²) in [6, 6.07) is 0. The van der Waals surface area contributed by atoms with Crippen LogP contribution in [-0.2, 0) is 16.6 Å². The molecule has 0 atom stereocenters. The predicted molar refractivity (Wildman–Crippen MR) is 74.4 cm³/mol. The maximum atomic E-state index is 12.2. The second-order valence-corrected chi connectivity index (χ2v) is 6.40. The minimum Gasteiger partial charge on any atom is -0.316 e. The highest BCUT2D eigenvalue weighted by Crippen LogP contribution is 2.15. The van der Waals surface area contributed by atoms with E-state index >= 15 is 0 Å². The summed E-state index contributed by atoms with van der Waals surface area (Å²) in [4.78, 5) is 2.01. The Hall–Kier alpha value is -0.960. The predicted octanol–water partition coefficient (Wildman–Crippen LogP) is -0.332. The number of hydrogen-bond donors (Lipinski definition) is 3. The Kier molecular flexibility index (Phi) is 5.92. The summed E-state index contributed by atoms with van der Waals surface area (Å²) in [7, 11) is 2.14. The third-order valence-corrected chi connectivity index (χ3v) is 4.15. The van der Waals surface area contributed by atoms with E-state index in [-0.39, 0.29) is 5.03 Å². The van der Waals surface area contributed by atoms with Crippen LogP contribution in [0.25, 0.3) is 0 Å². The van der Waals surface area contributed by atoms with Crippen LogP contribution in [0.15, 0.2) is 5.03 Å². The summed E-state index contributed by atoms with van der Waals surface area (Å²) in [5.41, 5.74) is 1.45. The van der Waals surface area contributed by atoms with Crippen LogP contribution < -0.4 is 10.0 Å². The van der Waals surface area contributed by atoms with Crippen molar-refractivity contribution in [3.8, 4) is 0 Å². The van der Waals surface area contributed by atoms with Crippen molar-refractivity contribution >= 4 is 10.0 Å². The average Bonchev–Trinajstić information content (AvgIpc) is 2.68. The molecule has 3 N–H and O–H groups in total. The number of nitrogens with one attached hydrogen (secondary N) is 3. The lowest BCUT2D eigenvalue weighted by Gasteiger charge is -2.10. The van der Waals surface area contributed by atoms with Gasteiger partial charge in [0.25, 0.3) is 10.0 Å². The van der Waals surface area contributed by atoms with Crippen LogP contribution in [0.1, 0.15) is 17.7 Å². The Morgan fingerprint density at radius 3 is 2.63 bits per heavy atom. The smallest absolute Gasteiger partial charge is 0.260 e. The number of hydrogen-bond acceptors (Lipinski definition) is 5. The van der Waals surface area contributed by atoms with Gasteiger partial charge >= 0.3 is 0 Å². The number of rotatable bonds is 8. The van der Waals surface area contributed by atoms with Crippen molar-refractivity contribution in [2.45, 2.75) is 24.9 Å². The summed E-state index contributed by atoms with van der Waals surface area (Å²) in [5, 5.41) is 9.65. The van der Waals surface area contributed by atoms with Gasteiger partial charge in [-0.15, -0.1) is 0 Å². The molecule has 0 aromatic carbocycles. The van der Waals surface area contributed by atoms with Gasteiger partial charge in [0.05, 0.1) is 0 Å². The van der Waals surface area contributed by atoms with E-state index in [1.165, 1.54) is 0 Å². The second-order valence-electron chi connectivity index (χ2n) is 4.72. The first kappa shape index (κ1) is 16.1. The molecule has 0 amide bonds. The monoisotopic (exact) mass is 289 g/mol. The summed E-state index contributed by atoms with van der Waals surface area (Å²) in [5.74, 6) is 0. The largest absolute Gasteiger partial charge is 0.316 e. The van der Waals surface area contributed by atoms with Gasteiger partial charge in [-0.25, -0.2) is 13.1 Å². The summed E-state index contributed by atoms with van der Waals surface area (Å²) in [6.07, 6.45) is 0.761. The quantitative estimate of drug-likeness (QED) is 0.570. The molecule has 0 aliphatic heterocycles. The van der Waals surface area contributed by atoms with Crippen LogP contribution in [0.5, 0.6) is 0 Å². The molecule has 0 fully saturated rings. The van der Waals surface area contributed by atoms with Crippen LogP contribution >= 0.6 is 0 Å². The standard InChI is InChI=1S/C11H23N5O2S/c1-9-10(8-12-2)11(15-14-9)19(17,18)13-6-5-7-16(3)4/h12-13H,5-8H2,1-4H3,(H,14,15). The first-order valence-corrected chi connectivity index (χ1v) is 7.69. The molecule has 1 aromatic rings. The van der Waals surface area contributed by atoms with E-state index in [4.69, 9.17) is 0 Å². The topological polar surface area (TPSA) is 90.1 Å². The molecule has 0 aliphatic carbocycles. The van der Waals surface area contributed by atoms with E-state index in [2.05, 4.69) is 20.2 Å². The molecule has 0 radical (unpaired) electrons. The number of nitrogens with zero attached hydrogens (tertiary/aromatic N) is 2. The second kappa shape index (κ2) is 6.99. The molecule has 0 bridgehead atoms. The molecular formula is C11H23N5O2S. The van der Waals surface area contributed by atoms with Crippen LogP contribution in [0.2, 0.25) is 0 Å². The minimum atomic E-state index is -3.54. The van der Waals surface area contributed by atoms with Crippen molar-refractivity contribution in [1.29, 1.82) is 0 Å². The zero-order valence-corrected chi connectivity index (χ0v) is 12.8. The Bertz CT molecular complexity index is 495. The van der Waals surface area contributed by atoms with E-state index in [0.29, 0.717) is 18.7 Å². The van der Waals surface area contributed by atoms with Gasteiger partial charge in [0.2, 0.25) is 0 Å². The van der Waals surface area contributed by atoms with Crippen molar-refractivity contribution in [1.82, 2.24) is 25.1 Å². The Labute approximate surface area is 114 Å². The fourth-order valence-electron chi connectivity index (χ4n) is 1.71. The third kappa shape index (κ3) is 4.57. The molecule has 0 saturated heterocycles. The van der Waals surface area contributed by atoms with Gasteiger partial charge in [0, 0.05) is 24.3 Å². The maximum absolute atomic E-state index is 12.2. The molecule has 110 valence electrons. The Morgan fingerprint density at radius 1 is 1.37 bits per heavy atom. The van der Waals surface area contributed by atoms with Crippen LogP contribution in [0, 0.1) is 6.92 Å². The zero-order valence-electron chi connectivity index (χ0n) is 11.9. The molecule has 7 nitrogen and oxygen atoms in total. The first-order valence-electron chi connectivity index (χ1n) is 6.21. The molecule has 0 aliphatic rings. The SMILES string of the molecule is CNCc1c(S(=O)(=O)NCCCN(C)C)n[nH]c1C. The Balaban J connectivity index is 2.72. The van der Waals surface area contributed by atoms with Gasteiger partial charge in [-0.1, -0.05) is 0 Å². The molecule has 8 heteroatoms. The van der Waals surface area contributed by atoms with Crippen molar-refractivity contribution in [2.75, 3.05) is 34.2 Å². The lowest BCUT2D eigenvalue weighted by Crippen LogP contribution is -2.28. The first-order chi connectivity index (χ1) is 8.88. The van der Waals surface area contributed by atoms with E-state index < -0.39 is 10.0 Å². The molecular weight excluding hydrogens is 266 g/mol. The van der Waals surface area contributed by atoms with Crippen LogP contribution in [0.3, 0.4) is 0 Å². The fourth-order valence-corrected chi connectivity index (χ4v) is 2.97. The summed E-state index contributed by atoms with van der Waals surface area (Å²) < 4.78 is 26.9.